The van der Waals surface area contributed by atoms with Gasteiger partial charge in [-0.1, -0.05) is 11.6 Å². The number of aromatic amines is 1. The number of amides is 1. The van der Waals surface area contributed by atoms with Crippen molar-refractivity contribution >= 4 is 23.5 Å². The molecule has 0 unspecified atom stereocenters. The van der Waals surface area contributed by atoms with Gasteiger partial charge in [0.15, 0.2) is 0 Å². The van der Waals surface area contributed by atoms with Crippen molar-refractivity contribution in [1.82, 2.24) is 20.3 Å². The fourth-order valence-corrected chi connectivity index (χ4v) is 1.82. The van der Waals surface area contributed by atoms with E-state index in [4.69, 9.17) is 16.7 Å². The molecule has 8 heteroatoms. The quantitative estimate of drug-likeness (QED) is 0.759. The van der Waals surface area contributed by atoms with Crippen LogP contribution < -0.4 is 5.32 Å². The van der Waals surface area contributed by atoms with Crippen LogP contribution in [-0.2, 0) is 11.2 Å². The largest absolute Gasteiger partial charge is 0.480 e. The molecule has 0 spiro atoms. The molecule has 2 heterocycles. The van der Waals surface area contributed by atoms with E-state index >= 15 is 0 Å². The van der Waals surface area contributed by atoms with Crippen molar-refractivity contribution in [3.63, 3.8) is 0 Å². The summed E-state index contributed by atoms with van der Waals surface area (Å²) in [7, 11) is 0. The summed E-state index contributed by atoms with van der Waals surface area (Å²) >= 11 is 5.84. The second-order valence-corrected chi connectivity index (χ2v) is 4.41. The molecule has 2 aromatic rings. The Labute approximate surface area is 119 Å². The van der Waals surface area contributed by atoms with Gasteiger partial charge in [-0.3, -0.25) is 9.78 Å². The van der Waals surface area contributed by atoms with Crippen molar-refractivity contribution in [3.8, 4) is 0 Å². The third-order valence-corrected chi connectivity index (χ3v) is 2.90. The van der Waals surface area contributed by atoms with Crippen LogP contribution >= 0.6 is 11.6 Å². The molecule has 0 saturated heterocycles. The van der Waals surface area contributed by atoms with E-state index in [2.05, 4.69) is 20.3 Å². The smallest absolute Gasteiger partial charge is 0.326 e. The van der Waals surface area contributed by atoms with E-state index < -0.39 is 17.9 Å². The lowest BCUT2D eigenvalue weighted by molar-refractivity contribution is -0.139. The van der Waals surface area contributed by atoms with E-state index in [9.17, 15) is 9.59 Å². The maximum Gasteiger partial charge on any atom is 0.326 e. The molecule has 1 amide bonds. The highest BCUT2D eigenvalue weighted by atomic mass is 35.5. The van der Waals surface area contributed by atoms with Crippen LogP contribution in [0, 0.1) is 0 Å². The third-order valence-electron chi connectivity index (χ3n) is 2.60. The zero-order valence-corrected chi connectivity index (χ0v) is 11.0. The van der Waals surface area contributed by atoms with Crippen LogP contribution in [0.25, 0.3) is 0 Å². The Kier molecular flexibility index (Phi) is 4.31. The normalized spacial score (nSPS) is 11.8. The predicted octanol–water partition coefficient (Wildman–Crippen LogP) is 0.884. The summed E-state index contributed by atoms with van der Waals surface area (Å²) in [5, 5.41) is 11.7. The lowest BCUT2D eigenvalue weighted by Gasteiger charge is -2.14. The number of aromatic nitrogens is 3. The summed E-state index contributed by atoms with van der Waals surface area (Å²) in [6.45, 7) is 0. The van der Waals surface area contributed by atoms with Crippen LogP contribution in [0.15, 0.2) is 31.0 Å². The summed E-state index contributed by atoms with van der Waals surface area (Å²) < 4.78 is 0. The number of rotatable bonds is 5. The highest BCUT2D eigenvalue weighted by Gasteiger charge is 2.22. The van der Waals surface area contributed by atoms with Gasteiger partial charge in [-0.25, -0.2) is 9.78 Å². The molecule has 104 valence electrons. The molecule has 0 aliphatic heterocycles. The number of hydrogen-bond donors (Lipinski definition) is 3. The Morgan fingerprint density at radius 1 is 1.40 bits per heavy atom. The Morgan fingerprint density at radius 3 is 2.80 bits per heavy atom. The van der Waals surface area contributed by atoms with Crippen molar-refractivity contribution in [3.05, 3.63) is 47.3 Å². The summed E-state index contributed by atoms with van der Waals surface area (Å²) in [5.41, 5.74) is 0.788. The zero-order chi connectivity index (χ0) is 14.5. The monoisotopic (exact) mass is 294 g/mol. The molecule has 7 nitrogen and oxygen atoms in total. The van der Waals surface area contributed by atoms with E-state index in [0.29, 0.717) is 5.69 Å². The molecule has 3 N–H and O–H groups in total. The number of carboxylic acids is 1. The molecular weight excluding hydrogens is 284 g/mol. The number of aliphatic carboxylic acids is 1. The van der Waals surface area contributed by atoms with Crippen molar-refractivity contribution in [2.24, 2.45) is 0 Å². The first kappa shape index (κ1) is 14.0. The third kappa shape index (κ3) is 3.33. The van der Waals surface area contributed by atoms with Crippen LogP contribution in [0.4, 0.5) is 0 Å². The standard InChI is InChI=1S/C12H11ClN4O3/c13-9-5-14-2-1-8(9)11(18)17-10(12(19)20)3-7-4-15-6-16-7/h1-2,4-6,10H,3H2,(H,15,16)(H,17,18)(H,19,20)/t10-/m1/s1. The number of carboxylic acid groups (broad SMARTS) is 1. The fraction of sp³-hybridized carbons (Fsp3) is 0.167. The number of H-pyrrole nitrogens is 1. The van der Waals surface area contributed by atoms with Gasteiger partial charge < -0.3 is 15.4 Å². The maximum absolute atomic E-state index is 12.0. The molecular formula is C12H11ClN4O3. The summed E-state index contributed by atoms with van der Waals surface area (Å²) in [4.78, 5) is 33.5. The maximum atomic E-state index is 12.0. The molecule has 0 bridgehead atoms. The topological polar surface area (TPSA) is 108 Å². The Balaban J connectivity index is 2.10. The lowest BCUT2D eigenvalue weighted by Crippen LogP contribution is -2.42. The van der Waals surface area contributed by atoms with Crippen LogP contribution in [0.3, 0.4) is 0 Å². The Bertz CT molecular complexity index is 615. The second-order valence-electron chi connectivity index (χ2n) is 4.00. The van der Waals surface area contributed by atoms with Crippen molar-refractivity contribution in [2.45, 2.75) is 12.5 Å². The number of carbonyl (C=O) groups excluding carboxylic acids is 1. The highest BCUT2D eigenvalue weighted by molar-refractivity contribution is 6.33. The Morgan fingerprint density at radius 2 is 2.20 bits per heavy atom. The van der Waals surface area contributed by atoms with Crippen molar-refractivity contribution in [1.29, 1.82) is 0 Å². The van der Waals surface area contributed by atoms with E-state index in [1.165, 1.54) is 31.0 Å². The molecule has 0 fully saturated rings. The van der Waals surface area contributed by atoms with Crippen LogP contribution in [0.5, 0.6) is 0 Å². The number of halogens is 1. The molecule has 1 atom stereocenters. The molecule has 20 heavy (non-hydrogen) atoms. The Hall–Kier alpha value is -2.41. The van der Waals surface area contributed by atoms with Gasteiger partial charge in [-0.05, 0) is 6.07 Å². The second kappa shape index (κ2) is 6.16. The van der Waals surface area contributed by atoms with Crippen molar-refractivity contribution < 1.29 is 14.7 Å². The molecule has 0 aromatic carbocycles. The summed E-state index contributed by atoms with van der Waals surface area (Å²) in [5.74, 6) is -1.71. The molecule has 2 rings (SSSR count). The van der Waals surface area contributed by atoms with E-state index in [0.717, 1.165) is 0 Å². The minimum Gasteiger partial charge on any atom is -0.480 e. The van der Waals surface area contributed by atoms with Gasteiger partial charge >= 0.3 is 5.97 Å². The fourth-order valence-electron chi connectivity index (χ4n) is 1.61. The number of imidazole rings is 1. The lowest BCUT2D eigenvalue weighted by atomic mass is 10.1. The van der Waals surface area contributed by atoms with Gasteiger partial charge in [0.05, 0.1) is 16.9 Å². The van der Waals surface area contributed by atoms with Gasteiger partial charge in [0.1, 0.15) is 6.04 Å². The predicted molar refractivity (Wildman–Crippen MR) is 70.4 cm³/mol. The minimum atomic E-state index is -1.14. The SMILES string of the molecule is O=C(N[C@H](Cc1cnc[nH]1)C(=O)O)c1ccncc1Cl. The van der Waals surface area contributed by atoms with Gasteiger partial charge in [-0.2, -0.15) is 0 Å². The average molecular weight is 295 g/mol. The summed E-state index contributed by atoms with van der Waals surface area (Å²) in [6, 6.07) is 0.347. The van der Waals surface area contributed by atoms with E-state index in [-0.39, 0.29) is 17.0 Å². The van der Waals surface area contributed by atoms with Crippen molar-refractivity contribution in [2.75, 3.05) is 0 Å². The number of pyridine rings is 1. The highest BCUT2D eigenvalue weighted by Crippen LogP contribution is 2.13. The number of hydrogen-bond acceptors (Lipinski definition) is 4. The minimum absolute atomic E-state index is 0.101. The van der Waals surface area contributed by atoms with E-state index in [1.807, 2.05) is 0 Å². The van der Waals surface area contributed by atoms with Crippen LogP contribution in [0.1, 0.15) is 16.1 Å². The van der Waals surface area contributed by atoms with Gasteiger partial charge in [0, 0.05) is 30.7 Å². The number of nitrogens with one attached hydrogen (secondary N) is 2. The number of carbonyl (C=O) groups is 2. The first-order valence-electron chi connectivity index (χ1n) is 5.68. The van der Waals surface area contributed by atoms with Crippen LogP contribution in [0.2, 0.25) is 5.02 Å². The van der Waals surface area contributed by atoms with Gasteiger partial charge in [0.2, 0.25) is 0 Å². The molecule has 0 aliphatic rings. The van der Waals surface area contributed by atoms with E-state index in [1.54, 1.807) is 0 Å². The zero-order valence-electron chi connectivity index (χ0n) is 10.2. The van der Waals surface area contributed by atoms with Crippen LogP contribution in [-0.4, -0.2) is 38.0 Å². The molecule has 0 saturated carbocycles. The number of nitrogens with zero attached hydrogens (tertiary/aromatic N) is 2. The average Bonchev–Trinajstić information content (AvgIpc) is 2.91. The first-order chi connectivity index (χ1) is 9.58. The molecule has 2 aromatic heterocycles. The van der Waals surface area contributed by atoms with Gasteiger partial charge in [0.25, 0.3) is 5.91 Å². The molecule has 0 aliphatic carbocycles. The summed E-state index contributed by atoms with van der Waals surface area (Å²) in [6.07, 6.45) is 5.77. The molecule has 0 radical (unpaired) electrons. The van der Waals surface area contributed by atoms with Gasteiger partial charge in [-0.15, -0.1) is 0 Å². The first-order valence-corrected chi connectivity index (χ1v) is 6.06.